The van der Waals surface area contributed by atoms with Crippen LogP contribution in [0.3, 0.4) is 0 Å². The summed E-state index contributed by atoms with van der Waals surface area (Å²) in [6.45, 7) is 6.44. The van der Waals surface area contributed by atoms with Crippen LogP contribution in [0.2, 0.25) is 0 Å². The SMILES string of the molecule is Cc1nc(N2CCN(S(=O)(=O)CCCCC#N)CC2)sc1C. The van der Waals surface area contributed by atoms with Crippen molar-refractivity contribution in [3.63, 3.8) is 0 Å². The van der Waals surface area contributed by atoms with Gasteiger partial charge in [0.1, 0.15) is 0 Å². The normalized spacial score (nSPS) is 16.7. The minimum Gasteiger partial charge on any atom is -0.345 e. The standard InChI is InChI=1S/C14H22N4O2S2/c1-12-13(2)21-14(16-12)17-7-9-18(10-8-17)22(19,20)11-5-3-4-6-15/h3-5,7-11H2,1-2H3. The van der Waals surface area contributed by atoms with Gasteiger partial charge < -0.3 is 4.90 Å². The number of sulfonamides is 1. The van der Waals surface area contributed by atoms with Gasteiger partial charge in [-0.25, -0.2) is 13.4 Å². The Balaban J connectivity index is 1.87. The fourth-order valence-corrected chi connectivity index (χ4v) is 4.87. The molecule has 122 valence electrons. The molecule has 1 aliphatic rings. The van der Waals surface area contributed by atoms with E-state index in [-0.39, 0.29) is 5.75 Å². The van der Waals surface area contributed by atoms with Gasteiger partial charge in [0, 0.05) is 37.5 Å². The summed E-state index contributed by atoms with van der Waals surface area (Å²) in [6, 6.07) is 2.04. The fourth-order valence-electron chi connectivity index (χ4n) is 2.37. The predicted molar refractivity (Wildman–Crippen MR) is 88.6 cm³/mol. The number of nitriles is 1. The van der Waals surface area contributed by atoms with Gasteiger partial charge in [-0.05, 0) is 26.7 Å². The molecule has 1 aromatic heterocycles. The third kappa shape index (κ3) is 4.18. The van der Waals surface area contributed by atoms with E-state index in [0.717, 1.165) is 10.8 Å². The van der Waals surface area contributed by atoms with Gasteiger partial charge in [0.25, 0.3) is 0 Å². The minimum absolute atomic E-state index is 0.143. The molecule has 22 heavy (non-hydrogen) atoms. The van der Waals surface area contributed by atoms with Gasteiger partial charge in [0.05, 0.1) is 17.5 Å². The molecule has 0 bridgehead atoms. The third-order valence-corrected chi connectivity index (χ3v) is 6.95. The number of rotatable bonds is 6. The zero-order chi connectivity index (χ0) is 16.2. The monoisotopic (exact) mass is 342 g/mol. The number of hydrogen-bond acceptors (Lipinski definition) is 6. The summed E-state index contributed by atoms with van der Waals surface area (Å²) >= 11 is 1.67. The third-order valence-electron chi connectivity index (χ3n) is 3.86. The maximum atomic E-state index is 12.3. The molecule has 0 amide bonds. The minimum atomic E-state index is -3.19. The molecule has 6 nitrogen and oxygen atoms in total. The van der Waals surface area contributed by atoms with Crippen molar-refractivity contribution in [3.8, 4) is 6.07 Å². The van der Waals surface area contributed by atoms with Crippen LogP contribution in [0.5, 0.6) is 0 Å². The molecule has 0 aromatic carbocycles. The molecule has 1 aromatic rings. The molecule has 0 aliphatic carbocycles. The lowest BCUT2D eigenvalue weighted by Gasteiger charge is -2.33. The second-order valence-electron chi connectivity index (χ2n) is 5.46. The first-order valence-electron chi connectivity index (χ1n) is 7.48. The van der Waals surface area contributed by atoms with Gasteiger partial charge in [-0.3, -0.25) is 0 Å². The van der Waals surface area contributed by atoms with Crippen molar-refractivity contribution in [1.82, 2.24) is 9.29 Å². The first kappa shape index (κ1) is 17.2. The molecule has 2 heterocycles. The summed E-state index contributed by atoms with van der Waals surface area (Å²) in [5.41, 5.74) is 1.05. The van der Waals surface area contributed by atoms with Crippen molar-refractivity contribution in [1.29, 1.82) is 5.26 Å². The van der Waals surface area contributed by atoms with Crippen molar-refractivity contribution < 1.29 is 8.42 Å². The molecule has 2 rings (SSSR count). The Bertz CT molecular complexity index is 621. The topological polar surface area (TPSA) is 77.3 Å². The van der Waals surface area contributed by atoms with Crippen LogP contribution >= 0.6 is 11.3 Å². The van der Waals surface area contributed by atoms with Gasteiger partial charge in [-0.2, -0.15) is 9.57 Å². The highest BCUT2D eigenvalue weighted by molar-refractivity contribution is 7.89. The van der Waals surface area contributed by atoms with Crippen LogP contribution in [-0.4, -0.2) is 49.6 Å². The van der Waals surface area contributed by atoms with Crippen LogP contribution in [0.25, 0.3) is 0 Å². The lowest BCUT2D eigenvalue weighted by atomic mass is 10.3. The first-order valence-corrected chi connectivity index (χ1v) is 9.90. The molecule has 0 N–H and O–H groups in total. The average Bonchev–Trinajstić information content (AvgIpc) is 2.83. The Hall–Kier alpha value is -1.17. The van der Waals surface area contributed by atoms with Crippen LogP contribution in [0.4, 0.5) is 5.13 Å². The Morgan fingerprint density at radius 2 is 1.91 bits per heavy atom. The van der Waals surface area contributed by atoms with Crippen molar-refractivity contribution in [3.05, 3.63) is 10.6 Å². The summed E-state index contributed by atoms with van der Waals surface area (Å²) in [4.78, 5) is 7.91. The Labute approximate surface area is 136 Å². The number of piperazine rings is 1. The molecular formula is C14H22N4O2S2. The van der Waals surface area contributed by atoms with E-state index in [9.17, 15) is 8.42 Å². The molecule has 0 radical (unpaired) electrons. The highest BCUT2D eigenvalue weighted by atomic mass is 32.2. The van der Waals surface area contributed by atoms with Crippen molar-refractivity contribution in [2.45, 2.75) is 33.1 Å². The number of thiazole rings is 1. The summed E-state index contributed by atoms with van der Waals surface area (Å²) in [7, 11) is -3.19. The number of unbranched alkanes of at least 4 members (excludes halogenated alkanes) is 2. The van der Waals surface area contributed by atoms with Gasteiger partial charge >= 0.3 is 0 Å². The molecule has 1 aliphatic heterocycles. The van der Waals surface area contributed by atoms with E-state index < -0.39 is 10.0 Å². The van der Waals surface area contributed by atoms with E-state index in [1.165, 1.54) is 4.88 Å². The zero-order valence-electron chi connectivity index (χ0n) is 13.1. The van der Waals surface area contributed by atoms with Crippen LogP contribution in [0.15, 0.2) is 0 Å². The molecule has 1 saturated heterocycles. The quantitative estimate of drug-likeness (QED) is 0.738. The molecule has 0 unspecified atom stereocenters. The van der Waals surface area contributed by atoms with Gasteiger partial charge in [0.2, 0.25) is 10.0 Å². The molecule has 0 atom stereocenters. The number of aryl methyl sites for hydroxylation is 2. The highest BCUT2D eigenvalue weighted by Gasteiger charge is 2.27. The van der Waals surface area contributed by atoms with Crippen molar-refractivity contribution in [2.75, 3.05) is 36.8 Å². The number of nitrogens with zero attached hydrogens (tertiary/aromatic N) is 4. The van der Waals surface area contributed by atoms with Gasteiger partial charge in [0.15, 0.2) is 5.13 Å². The van der Waals surface area contributed by atoms with E-state index in [0.29, 0.717) is 45.4 Å². The second kappa shape index (κ2) is 7.40. The van der Waals surface area contributed by atoms with Gasteiger partial charge in [-0.15, -0.1) is 11.3 Å². The fraction of sp³-hybridized carbons (Fsp3) is 0.714. The van der Waals surface area contributed by atoms with E-state index >= 15 is 0 Å². The molecule has 0 saturated carbocycles. The summed E-state index contributed by atoms with van der Waals surface area (Å²) in [6.07, 6.45) is 1.63. The molecule has 1 fully saturated rings. The Kier molecular flexibility index (Phi) is 5.78. The van der Waals surface area contributed by atoms with Crippen LogP contribution < -0.4 is 4.90 Å². The highest BCUT2D eigenvalue weighted by Crippen LogP contribution is 2.26. The summed E-state index contributed by atoms with van der Waals surface area (Å²) in [5.74, 6) is 0.143. The van der Waals surface area contributed by atoms with Crippen LogP contribution in [0.1, 0.15) is 29.8 Å². The van der Waals surface area contributed by atoms with Gasteiger partial charge in [-0.1, -0.05) is 0 Å². The van der Waals surface area contributed by atoms with Crippen molar-refractivity contribution >= 4 is 26.5 Å². The Morgan fingerprint density at radius 1 is 1.23 bits per heavy atom. The molecule has 8 heteroatoms. The van der Waals surface area contributed by atoms with Crippen LogP contribution in [-0.2, 0) is 10.0 Å². The lowest BCUT2D eigenvalue weighted by Crippen LogP contribution is -2.49. The zero-order valence-corrected chi connectivity index (χ0v) is 14.7. The first-order chi connectivity index (χ1) is 10.4. The largest absolute Gasteiger partial charge is 0.345 e. The number of anilines is 1. The summed E-state index contributed by atoms with van der Waals surface area (Å²) < 4.78 is 26.1. The number of hydrogen-bond donors (Lipinski definition) is 0. The average molecular weight is 342 g/mol. The van der Waals surface area contributed by atoms with E-state index in [1.807, 2.05) is 13.0 Å². The predicted octanol–water partition coefficient (Wildman–Crippen LogP) is 1.91. The van der Waals surface area contributed by atoms with E-state index in [1.54, 1.807) is 15.6 Å². The molecule has 0 spiro atoms. The second-order valence-corrected chi connectivity index (χ2v) is 8.73. The van der Waals surface area contributed by atoms with Crippen molar-refractivity contribution in [2.24, 2.45) is 0 Å². The lowest BCUT2D eigenvalue weighted by molar-refractivity contribution is 0.384. The smallest absolute Gasteiger partial charge is 0.214 e. The van der Waals surface area contributed by atoms with E-state index in [4.69, 9.17) is 5.26 Å². The maximum absolute atomic E-state index is 12.3. The molecular weight excluding hydrogens is 320 g/mol. The number of aromatic nitrogens is 1. The van der Waals surface area contributed by atoms with Crippen LogP contribution in [0, 0.1) is 25.2 Å². The summed E-state index contributed by atoms with van der Waals surface area (Å²) in [5, 5.41) is 9.47. The van der Waals surface area contributed by atoms with E-state index in [2.05, 4.69) is 16.8 Å². The Morgan fingerprint density at radius 3 is 2.45 bits per heavy atom. The maximum Gasteiger partial charge on any atom is 0.214 e.